The molecule has 0 aliphatic carbocycles. The van der Waals surface area contributed by atoms with Gasteiger partial charge in [0.2, 0.25) is 10.0 Å². The molecule has 2 aromatic carbocycles. The first-order valence-electron chi connectivity index (χ1n) is 7.98. The van der Waals surface area contributed by atoms with Crippen LogP contribution in [0.2, 0.25) is 5.02 Å². The summed E-state index contributed by atoms with van der Waals surface area (Å²) in [4.78, 5) is 12.4. The standard InChI is InChI=1S/C18H21ClN2O3S/c1-4-21(5-2)25(23,24)17-12-14(10-11-15(17)19)18(22)20-16-9-7-6-8-13(16)3/h6-12H,4-5H2,1-3H3,(H,20,22). The summed E-state index contributed by atoms with van der Waals surface area (Å²) < 4.78 is 26.7. The first kappa shape index (κ1) is 19.4. The van der Waals surface area contributed by atoms with Crippen molar-refractivity contribution in [3.05, 3.63) is 58.6 Å². The molecule has 1 amide bonds. The minimum Gasteiger partial charge on any atom is -0.322 e. The van der Waals surface area contributed by atoms with Crippen molar-refractivity contribution in [2.75, 3.05) is 18.4 Å². The van der Waals surface area contributed by atoms with Gasteiger partial charge in [-0.2, -0.15) is 4.31 Å². The topological polar surface area (TPSA) is 66.5 Å². The average molecular weight is 381 g/mol. The van der Waals surface area contributed by atoms with Crippen molar-refractivity contribution in [2.45, 2.75) is 25.7 Å². The van der Waals surface area contributed by atoms with Gasteiger partial charge in [0.25, 0.3) is 5.91 Å². The van der Waals surface area contributed by atoms with Gasteiger partial charge in [0.05, 0.1) is 5.02 Å². The molecule has 5 nitrogen and oxygen atoms in total. The Labute approximate surface area is 153 Å². The molecule has 1 N–H and O–H groups in total. The van der Waals surface area contributed by atoms with Crippen molar-refractivity contribution in [1.82, 2.24) is 4.31 Å². The van der Waals surface area contributed by atoms with Crippen molar-refractivity contribution in [3.8, 4) is 0 Å². The van der Waals surface area contributed by atoms with Crippen LogP contribution < -0.4 is 5.32 Å². The van der Waals surface area contributed by atoms with Gasteiger partial charge in [0, 0.05) is 24.3 Å². The summed E-state index contributed by atoms with van der Waals surface area (Å²) >= 11 is 6.09. The fraction of sp³-hybridized carbons (Fsp3) is 0.278. The van der Waals surface area contributed by atoms with Crippen LogP contribution in [0.5, 0.6) is 0 Å². The second-order valence-electron chi connectivity index (χ2n) is 5.50. The summed E-state index contributed by atoms with van der Waals surface area (Å²) in [5.41, 5.74) is 1.83. The van der Waals surface area contributed by atoms with Gasteiger partial charge in [-0.25, -0.2) is 8.42 Å². The average Bonchev–Trinajstić information content (AvgIpc) is 2.58. The Morgan fingerprint density at radius 2 is 1.76 bits per heavy atom. The van der Waals surface area contributed by atoms with Crippen LogP contribution in [0, 0.1) is 6.92 Å². The van der Waals surface area contributed by atoms with Crippen LogP contribution in [-0.4, -0.2) is 31.7 Å². The van der Waals surface area contributed by atoms with Gasteiger partial charge in [0.15, 0.2) is 0 Å². The van der Waals surface area contributed by atoms with E-state index in [9.17, 15) is 13.2 Å². The molecule has 134 valence electrons. The molecule has 0 aromatic heterocycles. The van der Waals surface area contributed by atoms with Crippen molar-refractivity contribution in [1.29, 1.82) is 0 Å². The predicted octanol–water partition coefficient (Wildman–Crippen LogP) is 3.93. The van der Waals surface area contributed by atoms with E-state index in [1.807, 2.05) is 25.1 Å². The van der Waals surface area contributed by atoms with Crippen molar-refractivity contribution in [3.63, 3.8) is 0 Å². The molecule has 0 atom stereocenters. The highest BCUT2D eigenvalue weighted by Gasteiger charge is 2.25. The molecule has 25 heavy (non-hydrogen) atoms. The van der Waals surface area contributed by atoms with Crippen LogP contribution in [0.1, 0.15) is 29.8 Å². The molecule has 2 rings (SSSR count). The van der Waals surface area contributed by atoms with Crippen LogP contribution in [0.15, 0.2) is 47.4 Å². The van der Waals surface area contributed by atoms with Gasteiger partial charge in [0.1, 0.15) is 4.90 Å². The smallest absolute Gasteiger partial charge is 0.255 e. The zero-order valence-corrected chi connectivity index (χ0v) is 16.0. The number of carbonyl (C=O) groups excluding carboxylic acids is 1. The van der Waals surface area contributed by atoms with Crippen molar-refractivity contribution in [2.24, 2.45) is 0 Å². The highest BCUT2D eigenvalue weighted by Crippen LogP contribution is 2.26. The number of sulfonamides is 1. The third-order valence-electron chi connectivity index (χ3n) is 3.91. The lowest BCUT2D eigenvalue weighted by molar-refractivity contribution is 0.102. The zero-order chi connectivity index (χ0) is 18.6. The summed E-state index contributed by atoms with van der Waals surface area (Å²) in [7, 11) is -3.75. The number of anilines is 1. The maximum Gasteiger partial charge on any atom is 0.255 e. The van der Waals surface area contributed by atoms with Crippen LogP contribution >= 0.6 is 11.6 Å². The van der Waals surface area contributed by atoms with E-state index >= 15 is 0 Å². The van der Waals surface area contributed by atoms with Gasteiger partial charge in [-0.3, -0.25) is 4.79 Å². The van der Waals surface area contributed by atoms with Gasteiger partial charge in [-0.05, 0) is 36.8 Å². The Morgan fingerprint density at radius 1 is 1.12 bits per heavy atom. The lowest BCUT2D eigenvalue weighted by atomic mass is 10.1. The van der Waals surface area contributed by atoms with E-state index < -0.39 is 10.0 Å². The maximum absolute atomic E-state index is 12.7. The molecule has 0 bridgehead atoms. The summed E-state index contributed by atoms with van der Waals surface area (Å²) in [6, 6.07) is 11.6. The first-order chi connectivity index (χ1) is 11.8. The number of para-hydroxylation sites is 1. The van der Waals surface area contributed by atoms with E-state index in [4.69, 9.17) is 11.6 Å². The molecular weight excluding hydrogens is 360 g/mol. The number of hydrogen-bond donors (Lipinski definition) is 1. The third-order valence-corrected chi connectivity index (χ3v) is 6.44. The first-order valence-corrected chi connectivity index (χ1v) is 9.79. The largest absolute Gasteiger partial charge is 0.322 e. The van der Waals surface area contributed by atoms with Crippen LogP contribution in [0.4, 0.5) is 5.69 Å². The molecular formula is C18H21ClN2O3S. The summed E-state index contributed by atoms with van der Waals surface area (Å²) in [6.45, 7) is 6.05. The molecule has 0 saturated carbocycles. The Morgan fingerprint density at radius 3 is 2.36 bits per heavy atom. The van der Waals surface area contributed by atoms with E-state index in [2.05, 4.69) is 5.32 Å². The van der Waals surface area contributed by atoms with Gasteiger partial charge < -0.3 is 5.32 Å². The molecule has 7 heteroatoms. The molecule has 0 unspecified atom stereocenters. The summed E-state index contributed by atoms with van der Waals surface area (Å²) in [5.74, 6) is -0.387. The SMILES string of the molecule is CCN(CC)S(=O)(=O)c1cc(C(=O)Nc2ccccc2C)ccc1Cl. The predicted molar refractivity (Wildman–Crippen MR) is 101 cm³/mol. The minimum absolute atomic E-state index is 0.0599. The second kappa shape index (κ2) is 7.99. The van der Waals surface area contributed by atoms with Crippen molar-refractivity contribution >= 4 is 33.2 Å². The number of carbonyl (C=O) groups is 1. The van der Waals surface area contributed by atoms with E-state index in [-0.39, 0.29) is 21.4 Å². The van der Waals surface area contributed by atoms with Crippen LogP contribution in [-0.2, 0) is 10.0 Å². The Kier molecular flexibility index (Phi) is 6.21. The molecule has 0 aliphatic heterocycles. The lowest BCUT2D eigenvalue weighted by Crippen LogP contribution is -2.31. The van der Waals surface area contributed by atoms with Gasteiger partial charge in [-0.15, -0.1) is 0 Å². The molecule has 0 spiro atoms. The fourth-order valence-corrected chi connectivity index (χ4v) is 4.41. The quantitative estimate of drug-likeness (QED) is 0.825. The van der Waals surface area contributed by atoms with Gasteiger partial charge >= 0.3 is 0 Å². The number of nitrogens with zero attached hydrogens (tertiary/aromatic N) is 1. The molecule has 0 saturated heterocycles. The molecule has 2 aromatic rings. The van der Waals surface area contributed by atoms with Gasteiger partial charge in [-0.1, -0.05) is 43.6 Å². The Bertz CT molecular complexity index is 878. The van der Waals surface area contributed by atoms with E-state index in [1.54, 1.807) is 19.9 Å². The summed E-state index contributed by atoms with van der Waals surface area (Å²) in [5, 5.41) is 2.89. The third kappa shape index (κ3) is 4.21. The number of amides is 1. The van der Waals surface area contributed by atoms with E-state index in [0.29, 0.717) is 18.8 Å². The molecule has 0 fully saturated rings. The summed E-state index contributed by atoms with van der Waals surface area (Å²) in [6.07, 6.45) is 0. The normalized spacial score (nSPS) is 11.6. The Balaban J connectivity index is 2.39. The number of halogens is 1. The second-order valence-corrected chi connectivity index (χ2v) is 7.82. The van der Waals surface area contributed by atoms with Crippen molar-refractivity contribution < 1.29 is 13.2 Å². The highest BCUT2D eigenvalue weighted by atomic mass is 35.5. The molecule has 0 heterocycles. The number of hydrogen-bond acceptors (Lipinski definition) is 3. The van der Waals surface area contributed by atoms with Crippen LogP contribution in [0.3, 0.4) is 0 Å². The number of aryl methyl sites for hydroxylation is 1. The number of benzene rings is 2. The van der Waals surface area contributed by atoms with E-state index in [1.165, 1.54) is 22.5 Å². The Hall–Kier alpha value is -1.89. The fourth-order valence-electron chi connectivity index (χ4n) is 2.45. The number of rotatable bonds is 6. The zero-order valence-electron chi connectivity index (χ0n) is 14.4. The monoisotopic (exact) mass is 380 g/mol. The maximum atomic E-state index is 12.7. The van der Waals surface area contributed by atoms with Crippen LogP contribution in [0.25, 0.3) is 0 Å². The molecule has 0 radical (unpaired) electrons. The van der Waals surface area contributed by atoms with E-state index in [0.717, 1.165) is 5.56 Å². The lowest BCUT2D eigenvalue weighted by Gasteiger charge is -2.19. The highest BCUT2D eigenvalue weighted by molar-refractivity contribution is 7.89. The minimum atomic E-state index is -3.75. The number of nitrogens with one attached hydrogen (secondary N) is 1. The molecule has 0 aliphatic rings.